The second-order valence-corrected chi connectivity index (χ2v) is 14.0. The van der Waals surface area contributed by atoms with Crippen LogP contribution in [0.15, 0.2) is 30.3 Å². The largest absolute Gasteiger partial charge is 0.414 e. The molecule has 3 rings (SSSR count). The third-order valence-corrected chi connectivity index (χ3v) is 10.7. The Labute approximate surface area is 181 Å². The summed E-state index contributed by atoms with van der Waals surface area (Å²) < 4.78 is 6.37. The molecule has 0 aliphatic carbocycles. The van der Waals surface area contributed by atoms with Gasteiger partial charge in [0.15, 0.2) is 30.0 Å². The van der Waals surface area contributed by atoms with Crippen molar-refractivity contribution >= 4 is 43.3 Å². The van der Waals surface area contributed by atoms with E-state index in [4.69, 9.17) is 27.6 Å². The van der Waals surface area contributed by atoms with Crippen molar-refractivity contribution in [2.45, 2.75) is 44.9 Å². The van der Waals surface area contributed by atoms with Crippen LogP contribution in [0.1, 0.15) is 53.4 Å². The number of hydrogen-bond donors (Lipinski definition) is 0. The van der Waals surface area contributed by atoms with Crippen LogP contribution in [0.3, 0.4) is 0 Å². The van der Waals surface area contributed by atoms with Crippen molar-refractivity contribution in [3.63, 3.8) is 0 Å². The zero-order valence-corrected chi connectivity index (χ0v) is 19.5. The van der Waals surface area contributed by atoms with E-state index < -0.39 is 26.2 Å². The third kappa shape index (κ3) is 4.10. The van der Waals surface area contributed by atoms with Crippen LogP contribution >= 0.6 is 23.2 Å². The minimum absolute atomic E-state index is 0.0135. The van der Waals surface area contributed by atoms with Crippen molar-refractivity contribution in [1.29, 1.82) is 0 Å². The topological polar surface area (TPSA) is 72.4 Å². The highest BCUT2D eigenvalue weighted by Crippen LogP contribution is 2.39. The molecular weight excluding hydrogens is 429 g/mol. The molecule has 1 aromatic carbocycles. The molecular formula is C20H23Cl2N3O3Si. The van der Waals surface area contributed by atoms with Crippen LogP contribution in [0.5, 0.6) is 0 Å². The van der Waals surface area contributed by atoms with E-state index in [1.54, 1.807) is 0 Å². The molecule has 0 saturated carbocycles. The second kappa shape index (κ2) is 7.79. The van der Waals surface area contributed by atoms with Gasteiger partial charge in [0.1, 0.15) is 0 Å². The van der Waals surface area contributed by atoms with Gasteiger partial charge in [0.2, 0.25) is 0 Å². The molecule has 0 radical (unpaired) electrons. The molecule has 0 fully saturated rings. The van der Waals surface area contributed by atoms with Crippen LogP contribution in [-0.4, -0.2) is 41.6 Å². The number of carbonyl (C=O) groups excluding carboxylic acids is 2. The summed E-state index contributed by atoms with van der Waals surface area (Å²) in [7, 11) is -2.12. The van der Waals surface area contributed by atoms with Gasteiger partial charge in [0.05, 0.1) is 12.6 Å². The van der Waals surface area contributed by atoms with Crippen molar-refractivity contribution in [1.82, 2.24) is 14.9 Å². The Hall–Kier alpha value is -1.80. The molecule has 1 atom stereocenters. The maximum Gasteiger partial charge on any atom is 0.282 e. The van der Waals surface area contributed by atoms with Gasteiger partial charge in [-0.05, 0) is 23.7 Å². The standard InChI is InChI=1S/C20H23Cl2N3O3Si/c1-20(2,3)29(4,5)28-11-13(12-9-7-6-8-10-12)25-18(26)14-15(19(25)27)24-17(22)16(21)23-14/h6-10,13H,11H2,1-5H3/t13-/m1/s1. The van der Waals surface area contributed by atoms with Crippen LogP contribution in [0, 0.1) is 0 Å². The Morgan fingerprint density at radius 2 is 1.48 bits per heavy atom. The van der Waals surface area contributed by atoms with Crippen LogP contribution in [0.2, 0.25) is 28.4 Å². The van der Waals surface area contributed by atoms with E-state index >= 15 is 0 Å². The number of carbonyl (C=O) groups is 2. The predicted octanol–water partition coefficient (Wildman–Crippen LogP) is 5.14. The molecule has 0 bridgehead atoms. The average molecular weight is 452 g/mol. The molecule has 154 valence electrons. The molecule has 2 heterocycles. The Bertz CT molecular complexity index is 920. The van der Waals surface area contributed by atoms with Gasteiger partial charge in [0, 0.05) is 0 Å². The number of rotatable bonds is 5. The van der Waals surface area contributed by atoms with Crippen molar-refractivity contribution in [2.75, 3.05) is 6.61 Å². The summed E-state index contributed by atoms with van der Waals surface area (Å²) in [6.07, 6.45) is 0. The fraction of sp³-hybridized carbons (Fsp3) is 0.400. The first-order valence-electron chi connectivity index (χ1n) is 9.24. The number of hydrogen-bond acceptors (Lipinski definition) is 5. The average Bonchev–Trinajstić information content (AvgIpc) is 2.87. The molecule has 2 amide bonds. The minimum Gasteiger partial charge on any atom is -0.414 e. The first kappa shape index (κ1) is 21.9. The molecule has 1 aliphatic rings. The van der Waals surface area contributed by atoms with Gasteiger partial charge in [-0.1, -0.05) is 74.3 Å². The smallest absolute Gasteiger partial charge is 0.282 e. The lowest BCUT2D eigenvalue weighted by molar-refractivity contribution is 0.0517. The number of benzene rings is 1. The molecule has 2 aromatic rings. The first-order valence-corrected chi connectivity index (χ1v) is 12.9. The van der Waals surface area contributed by atoms with Gasteiger partial charge in [0.25, 0.3) is 11.8 Å². The molecule has 0 saturated heterocycles. The third-order valence-electron chi connectivity index (χ3n) is 5.56. The van der Waals surface area contributed by atoms with E-state index in [1.807, 2.05) is 30.3 Å². The molecule has 29 heavy (non-hydrogen) atoms. The van der Waals surface area contributed by atoms with Crippen LogP contribution in [-0.2, 0) is 4.43 Å². The summed E-state index contributed by atoms with van der Waals surface area (Å²) >= 11 is 11.8. The molecule has 9 heteroatoms. The maximum absolute atomic E-state index is 13.1. The minimum atomic E-state index is -2.12. The summed E-state index contributed by atoms with van der Waals surface area (Å²) in [5.74, 6) is -1.10. The Morgan fingerprint density at radius 3 is 1.93 bits per heavy atom. The van der Waals surface area contributed by atoms with E-state index in [2.05, 4.69) is 43.8 Å². The fourth-order valence-corrected chi connectivity index (χ4v) is 4.06. The maximum atomic E-state index is 13.1. The van der Waals surface area contributed by atoms with E-state index in [0.717, 1.165) is 10.5 Å². The first-order chi connectivity index (χ1) is 13.4. The van der Waals surface area contributed by atoms with Crippen molar-refractivity contribution in [3.05, 3.63) is 57.6 Å². The normalized spacial score (nSPS) is 15.6. The SMILES string of the molecule is CC(C)(C)[Si](C)(C)OC[C@H](c1ccccc1)N1C(=O)c2nc(Cl)c(Cl)nc2C1=O. The van der Waals surface area contributed by atoms with Gasteiger partial charge >= 0.3 is 0 Å². The van der Waals surface area contributed by atoms with Crippen molar-refractivity contribution in [2.24, 2.45) is 0 Å². The number of fused-ring (bicyclic) bond motifs is 1. The van der Waals surface area contributed by atoms with Gasteiger partial charge in [-0.2, -0.15) is 0 Å². The predicted molar refractivity (Wildman–Crippen MR) is 115 cm³/mol. The van der Waals surface area contributed by atoms with Crippen LogP contribution < -0.4 is 0 Å². The van der Waals surface area contributed by atoms with Gasteiger partial charge in [-0.3, -0.25) is 14.5 Å². The number of aromatic nitrogens is 2. The number of amides is 2. The molecule has 0 spiro atoms. The van der Waals surface area contributed by atoms with E-state index in [1.165, 1.54) is 0 Å². The summed E-state index contributed by atoms with van der Waals surface area (Å²) in [6, 6.07) is 8.71. The molecule has 0 unspecified atom stereocenters. The lowest BCUT2D eigenvalue weighted by Gasteiger charge is -2.38. The zero-order chi connectivity index (χ0) is 21.6. The summed E-state index contributed by atoms with van der Waals surface area (Å²) in [6.45, 7) is 10.8. The quantitative estimate of drug-likeness (QED) is 0.464. The second-order valence-electron chi connectivity index (χ2n) is 8.48. The Morgan fingerprint density at radius 1 is 1.00 bits per heavy atom. The monoisotopic (exact) mass is 451 g/mol. The Balaban J connectivity index is 1.99. The molecule has 6 nitrogen and oxygen atoms in total. The zero-order valence-electron chi connectivity index (χ0n) is 17.0. The van der Waals surface area contributed by atoms with Crippen LogP contribution in [0.4, 0.5) is 0 Å². The summed E-state index contributed by atoms with van der Waals surface area (Å²) in [5.41, 5.74) is 0.619. The Kier molecular flexibility index (Phi) is 5.88. The van der Waals surface area contributed by atoms with E-state index in [-0.39, 0.29) is 33.3 Å². The number of halogens is 2. The molecule has 1 aromatic heterocycles. The van der Waals surface area contributed by atoms with Crippen molar-refractivity contribution in [3.8, 4) is 0 Å². The highest BCUT2D eigenvalue weighted by molar-refractivity contribution is 6.74. The summed E-state index contributed by atoms with van der Waals surface area (Å²) in [4.78, 5) is 35.3. The van der Waals surface area contributed by atoms with Crippen LogP contribution in [0.25, 0.3) is 0 Å². The highest BCUT2D eigenvalue weighted by atomic mass is 35.5. The lowest BCUT2D eigenvalue weighted by Crippen LogP contribution is -2.44. The van der Waals surface area contributed by atoms with Gasteiger partial charge in [-0.15, -0.1) is 0 Å². The van der Waals surface area contributed by atoms with E-state index in [0.29, 0.717) is 0 Å². The van der Waals surface area contributed by atoms with E-state index in [9.17, 15) is 9.59 Å². The van der Waals surface area contributed by atoms with Gasteiger partial charge in [-0.25, -0.2) is 9.97 Å². The highest BCUT2D eigenvalue weighted by Gasteiger charge is 2.45. The van der Waals surface area contributed by atoms with Gasteiger partial charge < -0.3 is 4.43 Å². The number of nitrogens with zero attached hydrogens (tertiary/aromatic N) is 3. The molecule has 1 aliphatic heterocycles. The lowest BCUT2D eigenvalue weighted by atomic mass is 10.1. The fourth-order valence-electron chi connectivity index (χ4n) is 2.79. The van der Waals surface area contributed by atoms with Crippen molar-refractivity contribution < 1.29 is 14.0 Å². The summed E-state index contributed by atoms with van der Waals surface area (Å²) in [5, 5.41) is -0.232. The number of imide groups is 1. The molecule has 0 N–H and O–H groups in total.